The molecule has 2 amide bonds. The number of nitrogens with one attached hydrogen (secondary N) is 2. The summed E-state index contributed by atoms with van der Waals surface area (Å²) in [5.74, 6) is 4.81. The summed E-state index contributed by atoms with van der Waals surface area (Å²) in [6.07, 6.45) is 3.72. The van der Waals surface area contributed by atoms with E-state index in [0.29, 0.717) is 18.4 Å². The molecule has 130 valence electrons. The smallest absolute Gasteiger partial charge is 0.249 e. The van der Waals surface area contributed by atoms with Crippen molar-refractivity contribution >= 4 is 29.4 Å². The number of rotatable bonds is 5. The fourth-order valence-electron chi connectivity index (χ4n) is 3.47. The van der Waals surface area contributed by atoms with Crippen LogP contribution in [0.1, 0.15) is 24.0 Å². The maximum absolute atomic E-state index is 12.6. The van der Waals surface area contributed by atoms with E-state index in [1.165, 1.54) is 0 Å². The van der Waals surface area contributed by atoms with Crippen LogP contribution in [0.3, 0.4) is 0 Å². The van der Waals surface area contributed by atoms with Crippen LogP contribution in [0.5, 0.6) is 0 Å². The van der Waals surface area contributed by atoms with E-state index < -0.39 is 0 Å². The van der Waals surface area contributed by atoms with Gasteiger partial charge in [-0.2, -0.15) is 5.10 Å². The molecule has 0 spiro atoms. The first-order valence-electron chi connectivity index (χ1n) is 8.24. The minimum Gasteiger partial charge on any atom is -0.346 e. The molecular formula is C18H21N5O2. The third-order valence-electron chi connectivity index (χ3n) is 4.73. The van der Waals surface area contributed by atoms with Gasteiger partial charge in [0.1, 0.15) is 0 Å². The SMILES string of the molecule is C=C(C(=O)NC/C(C=N)=N/N)[C@@H]1Cc2cccc3c2N1C(=O)CCC3. The van der Waals surface area contributed by atoms with Crippen molar-refractivity contribution in [1.82, 2.24) is 5.32 Å². The summed E-state index contributed by atoms with van der Waals surface area (Å²) in [4.78, 5) is 26.8. The van der Waals surface area contributed by atoms with Gasteiger partial charge in [0.25, 0.3) is 0 Å². The highest BCUT2D eigenvalue weighted by Crippen LogP contribution is 2.40. The molecular weight excluding hydrogens is 318 g/mol. The van der Waals surface area contributed by atoms with Gasteiger partial charge in [-0.15, -0.1) is 0 Å². The van der Waals surface area contributed by atoms with Gasteiger partial charge in [0.2, 0.25) is 11.8 Å². The molecule has 25 heavy (non-hydrogen) atoms. The lowest BCUT2D eigenvalue weighted by Gasteiger charge is -2.26. The summed E-state index contributed by atoms with van der Waals surface area (Å²) < 4.78 is 0. The van der Waals surface area contributed by atoms with Crippen LogP contribution in [0.2, 0.25) is 0 Å². The van der Waals surface area contributed by atoms with Gasteiger partial charge in [0, 0.05) is 18.2 Å². The Kier molecular flexibility index (Phi) is 4.65. The number of carbonyl (C=O) groups excluding carboxylic acids is 2. The molecule has 0 radical (unpaired) electrons. The molecule has 7 nitrogen and oxygen atoms in total. The standard InChI is InChI=1S/C18H21N5O2/c1-11(18(25)21-10-14(9-19)22-20)15-8-13-6-2-4-12-5-3-7-16(24)23(15)17(12)13/h2,4,6,9,15,19H,1,3,5,7-8,10,20H2,(H,21,25)/b19-9?,22-14+/t15-/m0/s1. The molecule has 2 aliphatic rings. The van der Waals surface area contributed by atoms with Crippen molar-refractivity contribution in [3.8, 4) is 0 Å². The van der Waals surface area contributed by atoms with E-state index in [2.05, 4.69) is 17.0 Å². The average molecular weight is 339 g/mol. The number of benzene rings is 1. The molecule has 0 saturated heterocycles. The number of nitrogens with two attached hydrogens (primary N) is 1. The highest BCUT2D eigenvalue weighted by Gasteiger charge is 2.39. The first kappa shape index (κ1) is 16.9. The highest BCUT2D eigenvalue weighted by atomic mass is 16.2. The maximum atomic E-state index is 12.6. The summed E-state index contributed by atoms with van der Waals surface area (Å²) in [7, 11) is 0. The van der Waals surface area contributed by atoms with E-state index in [0.717, 1.165) is 35.9 Å². The second-order valence-corrected chi connectivity index (χ2v) is 6.23. The normalized spacial score (nSPS) is 19.2. The number of hydrogen-bond donors (Lipinski definition) is 3. The molecule has 1 atom stereocenters. The van der Waals surface area contributed by atoms with E-state index >= 15 is 0 Å². The summed E-state index contributed by atoms with van der Waals surface area (Å²) >= 11 is 0. The Morgan fingerprint density at radius 2 is 2.20 bits per heavy atom. The van der Waals surface area contributed by atoms with Gasteiger partial charge in [0.05, 0.1) is 24.0 Å². The molecule has 1 aromatic carbocycles. The van der Waals surface area contributed by atoms with Gasteiger partial charge < -0.3 is 21.5 Å². The number of carbonyl (C=O) groups is 2. The van der Waals surface area contributed by atoms with Gasteiger partial charge in [-0.1, -0.05) is 24.8 Å². The molecule has 0 aromatic heterocycles. The zero-order valence-corrected chi connectivity index (χ0v) is 13.9. The Labute approximate surface area is 146 Å². The Morgan fingerprint density at radius 3 is 2.92 bits per heavy atom. The lowest BCUT2D eigenvalue weighted by molar-refractivity contribution is -0.119. The summed E-state index contributed by atoms with van der Waals surface area (Å²) in [5, 5.41) is 13.2. The molecule has 0 unspecified atom stereocenters. The van der Waals surface area contributed by atoms with Crippen molar-refractivity contribution in [3.63, 3.8) is 0 Å². The van der Waals surface area contributed by atoms with Crippen molar-refractivity contribution in [2.75, 3.05) is 11.4 Å². The minimum atomic E-state index is -0.375. The quantitative estimate of drug-likeness (QED) is 0.321. The Hall–Kier alpha value is -2.96. The first-order valence-corrected chi connectivity index (χ1v) is 8.24. The number of hydrogen-bond acceptors (Lipinski definition) is 5. The van der Waals surface area contributed by atoms with Crippen LogP contribution in [-0.4, -0.2) is 36.3 Å². The van der Waals surface area contributed by atoms with E-state index in [-0.39, 0.29) is 30.1 Å². The molecule has 7 heteroatoms. The Morgan fingerprint density at radius 1 is 1.44 bits per heavy atom. The minimum absolute atomic E-state index is 0.0337. The maximum Gasteiger partial charge on any atom is 0.249 e. The number of nitrogens with zero attached hydrogens (tertiary/aromatic N) is 2. The lowest BCUT2D eigenvalue weighted by Crippen LogP contribution is -2.43. The van der Waals surface area contributed by atoms with Crippen LogP contribution in [-0.2, 0) is 22.4 Å². The van der Waals surface area contributed by atoms with Crippen LogP contribution in [0.4, 0.5) is 5.69 Å². The zero-order chi connectivity index (χ0) is 18.0. The van der Waals surface area contributed by atoms with Crippen LogP contribution in [0.15, 0.2) is 35.5 Å². The number of para-hydroxylation sites is 1. The zero-order valence-electron chi connectivity index (χ0n) is 13.9. The van der Waals surface area contributed by atoms with Crippen LogP contribution < -0.4 is 16.1 Å². The number of aryl methyl sites for hydroxylation is 1. The van der Waals surface area contributed by atoms with E-state index in [1.54, 1.807) is 4.90 Å². The van der Waals surface area contributed by atoms with Gasteiger partial charge in [0.15, 0.2) is 0 Å². The molecule has 0 saturated carbocycles. The summed E-state index contributed by atoms with van der Waals surface area (Å²) in [5.41, 5.74) is 3.77. The fourth-order valence-corrected chi connectivity index (χ4v) is 3.47. The molecule has 2 aliphatic heterocycles. The molecule has 0 fully saturated rings. The molecule has 2 heterocycles. The number of anilines is 1. The van der Waals surface area contributed by atoms with Crippen molar-refractivity contribution in [1.29, 1.82) is 5.41 Å². The van der Waals surface area contributed by atoms with Gasteiger partial charge in [-0.05, 0) is 30.4 Å². The molecule has 0 bridgehead atoms. The molecule has 3 rings (SSSR count). The molecule has 4 N–H and O–H groups in total. The van der Waals surface area contributed by atoms with Gasteiger partial charge in [-0.25, -0.2) is 0 Å². The monoisotopic (exact) mass is 339 g/mol. The topological polar surface area (TPSA) is 112 Å². The predicted molar refractivity (Wildman–Crippen MR) is 96.9 cm³/mol. The summed E-state index contributed by atoms with van der Waals surface area (Å²) in [6, 6.07) is 5.68. The van der Waals surface area contributed by atoms with Crippen LogP contribution >= 0.6 is 0 Å². The third kappa shape index (κ3) is 3.05. The fraction of sp³-hybridized carbons (Fsp3) is 0.333. The predicted octanol–water partition coefficient (Wildman–Crippen LogP) is 0.917. The number of hydrazone groups is 1. The van der Waals surface area contributed by atoms with Gasteiger partial charge in [-0.3, -0.25) is 9.59 Å². The average Bonchev–Trinajstić information content (AvgIpc) is 2.93. The highest BCUT2D eigenvalue weighted by molar-refractivity contribution is 6.30. The number of amides is 2. The first-order chi connectivity index (χ1) is 12.1. The van der Waals surface area contributed by atoms with Crippen molar-refractivity contribution in [2.45, 2.75) is 31.7 Å². The van der Waals surface area contributed by atoms with Crippen molar-refractivity contribution in [2.24, 2.45) is 10.9 Å². The third-order valence-corrected chi connectivity index (χ3v) is 4.73. The van der Waals surface area contributed by atoms with E-state index in [4.69, 9.17) is 11.3 Å². The Balaban J connectivity index is 1.82. The summed E-state index contributed by atoms with van der Waals surface area (Å²) in [6.45, 7) is 3.98. The van der Waals surface area contributed by atoms with E-state index in [1.807, 2.05) is 18.2 Å². The van der Waals surface area contributed by atoms with Gasteiger partial charge >= 0.3 is 0 Å². The van der Waals surface area contributed by atoms with Crippen molar-refractivity contribution in [3.05, 3.63) is 41.5 Å². The van der Waals surface area contributed by atoms with Crippen molar-refractivity contribution < 1.29 is 9.59 Å². The lowest BCUT2D eigenvalue weighted by atomic mass is 10.00. The van der Waals surface area contributed by atoms with Crippen LogP contribution in [0.25, 0.3) is 0 Å². The molecule has 1 aromatic rings. The van der Waals surface area contributed by atoms with Crippen LogP contribution in [0, 0.1) is 5.41 Å². The molecule has 0 aliphatic carbocycles. The van der Waals surface area contributed by atoms with E-state index in [9.17, 15) is 9.59 Å². The largest absolute Gasteiger partial charge is 0.346 e. The Bertz CT molecular complexity index is 784. The second-order valence-electron chi connectivity index (χ2n) is 6.23. The second kappa shape index (κ2) is 6.88.